The lowest BCUT2D eigenvalue weighted by Gasteiger charge is -2.04. The van der Waals surface area contributed by atoms with Gasteiger partial charge in [0.15, 0.2) is 0 Å². The van der Waals surface area contributed by atoms with Crippen molar-refractivity contribution in [2.24, 2.45) is 0 Å². The summed E-state index contributed by atoms with van der Waals surface area (Å²) in [5.74, 6) is -0.361. The second-order valence-corrected chi connectivity index (χ2v) is 3.55. The van der Waals surface area contributed by atoms with Gasteiger partial charge in [-0.05, 0) is 30.4 Å². The summed E-state index contributed by atoms with van der Waals surface area (Å²) in [6.07, 6.45) is 1.36. The highest BCUT2D eigenvalue weighted by Crippen LogP contribution is 2.04. The van der Waals surface area contributed by atoms with Crippen LogP contribution in [0.1, 0.15) is 15.9 Å². The van der Waals surface area contributed by atoms with Crippen molar-refractivity contribution in [1.29, 1.82) is 5.26 Å². The normalized spacial score (nSPS) is 9.59. The number of aromatic nitrogens is 3. The zero-order chi connectivity index (χ0) is 12.3. The molecule has 0 unspecified atom stereocenters. The number of H-pyrrole nitrogens is 1. The molecule has 0 radical (unpaired) electrons. The molecule has 1 aromatic heterocycles. The van der Waals surface area contributed by atoms with E-state index in [1.807, 2.05) is 6.07 Å². The minimum atomic E-state index is -0.361. The van der Waals surface area contributed by atoms with E-state index < -0.39 is 0 Å². The fourth-order valence-corrected chi connectivity index (χ4v) is 1.38. The van der Waals surface area contributed by atoms with Crippen molar-refractivity contribution < 1.29 is 4.79 Å². The first-order valence-corrected chi connectivity index (χ1v) is 5.05. The number of carbonyl (C=O) groups is 1. The van der Waals surface area contributed by atoms with Crippen LogP contribution >= 0.6 is 12.2 Å². The van der Waals surface area contributed by atoms with Crippen molar-refractivity contribution in [3.63, 3.8) is 0 Å². The lowest BCUT2D eigenvalue weighted by atomic mass is 10.1. The Morgan fingerprint density at radius 2 is 2.41 bits per heavy atom. The summed E-state index contributed by atoms with van der Waals surface area (Å²) in [6.45, 7) is 0. The van der Waals surface area contributed by atoms with Gasteiger partial charge in [-0.25, -0.2) is 4.68 Å². The van der Waals surface area contributed by atoms with Gasteiger partial charge in [-0.3, -0.25) is 15.3 Å². The number of nitriles is 1. The molecule has 2 N–H and O–H groups in total. The zero-order valence-electron chi connectivity index (χ0n) is 8.54. The number of benzene rings is 1. The van der Waals surface area contributed by atoms with Gasteiger partial charge in [0.1, 0.15) is 6.33 Å². The molecule has 17 heavy (non-hydrogen) atoms. The molecule has 1 amide bonds. The van der Waals surface area contributed by atoms with Crippen LogP contribution in [-0.2, 0) is 0 Å². The molecule has 2 rings (SSSR count). The molecule has 0 bridgehead atoms. The maximum Gasteiger partial charge on any atom is 0.270 e. The summed E-state index contributed by atoms with van der Waals surface area (Å²) in [5.41, 5.74) is 3.33. The topological polar surface area (TPSA) is 86.5 Å². The smallest absolute Gasteiger partial charge is 0.267 e. The van der Waals surface area contributed by atoms with Gasteiger partial charge < -0.3 is 0 Å². The zero-order valence-corrected chi connectivity index (χ0v) is 9.36. The fraction of sp³-hybridized carbons (Fsp3) is 0. The molecule has 0 spiro atoms. The molecule has 1 heterocycles. The average Bonchev–Trinajstić information content (AvgIpc) is 2.75. The minimum absolute atomic E-state index is 0.287. The predicted octanol–water partition coefficient (Wildman–Crippen LogP) is 1.20. The van der Waals surface area contributed by atoms with Gasteiger partial charge in [0.2, 0.25) is 4.77 Å². The third kappa shape index (κ3) is 2.38. The van der Waals surface area contributed by atoms with Gasteiger partial charge in [0, 0.05) is 5.56 Å². The van der Waals surface area contributed by atoms with Crippen molar-refractivity contribution in [3.05, 3.63) is 46.5 Å². The van der Waals surface area contributed by atoms with Gasteiger partial charge >= 0.3 is 0 Å². The Labute approximate surface area is 101 Å². The van der Waals surface area contributed by atoms with Gasteiger partial charge in [-0.15, -0.1) is 0 Å². The minimum Gasteiger partial charge on any atom is -0.267 e. The van der Waals surface area contributed by atoms with Gasteiger partial charge in [-0.1, -0.05) is 6.07 Å². The van der Waals surface area contributed by atoms with E-state index in [0.717, 1.165) is 0 Å². The first kappa shape index (κ1) is 11.0. The first-order chi connectivity index (χ1) is 8.20. The number of hydrogen-bond acceptors (Lipinski definition) is 4. The molecule has 84 valence electrons. The van der Waals surface area contributed by atoms with Crippen LogP contribution in [0.25, 0.3) is 0 Å². The lowest BCUT2D eigenvalue weighted by Crippen LogP contribution is -2.22. The standard InChI is InChI=1S/C10H7N5OS/c11-5-7-2-1-3-8(4-7)9(16)14-15-6-12-13-10(15)17/h1-4,6H,(H,13,17)(H,14,16). The summed E-state index contributed by atoms with van der Waals surface area (Å²) < 4.78 is 1.58. The third-order valence-corrected chi connectivity index (χ3v) is 2.32. The third-order valence-electron chi connectivity index (χ3n) is 2.03. The van der Waals surface area contributed by atoms with E-state index in [4.69, 9.17) is 17.5 Å². The molecule has 2 aromatic rings. The van der Waals surface area contributed by atoms with Crippen molar-refractivity contribution >= 4 is 18.1 Å². The number of aromatic amines is 1. The van der Waals surface area contributed by atoms with E-state index in [2.05, 4.69) is 15.6 Å². The van der Waals surface area contributed by atoms with Crippen LogP contribution in [0.4, 0.5) is 0 Å². The Hall–Kier alpha value is -2.46. The molecule has 0 aliphatic heterocycles. The number of hydrogen-bond donors (Lipinski definition) is 2. The lowest BCUT2D eigenvalue weighted by molar-refractivity contribution is 0.101. The van der Waals surface area contributed by atoms with Gasteiger partial charge in [0.05, 0.1) is 11.6 Å². The average molecular weight is 245 g/mol. The second-order valence-electron chi connectivity index (χ2n) is 3.17. The number of amides is 1. The predicted molar refractivity (Wildman–Crippen MR) is 62.3 cm³/mol. The van der Waals surface area contributed by atoms with Crippen molar-refractivity contribution in [3.8, 4) is 6.07 Å². The van der Waals surface area contributed by atoms with E-state index in [0.29, 0.717) is 11.1 Å². The van der Waals surface area contributed by atoms with Crippen LogP contribution < -0.4 is 5.43 Å². The Morgan fingerprint density at radius 3 is 3.06 bits per heavy atom. The molecular weight excluding hydrogens is 238 g/mol. The maximum absolute atomic E-state index is 11.8. The Kier molecular flexibility index (Phi) is 2.98. The Bertz CT molecular complexity index is 651. The molecule has 0 fully saturated rings. The molecule has 0 aliphatic carbocycles. The van der Waals surface area contributed by atoms with Crippen LogP contribution in [0.3, 0.4) is 0 Å². The molecule has 0 saturated heterocycles. The van der Waals surface area contributed by atoms with Crippen LogP contribution in [0.2, 0.25) is 0 Å². The molecule has 0 atom stereocenters. The van der Waals surface area contributed by atoms with Crippen molar-refractivity contribution in [2.75, 3.05) is 5.43 Å². The monoisotopic (exact) mass is 245 g/mol. The van der Waals surface area contributed by atoms with Gasteiger partial charge in [-0.2, -0.15) is 10.4 Å². The van der Waals surface area contributed by atoms with Crippen LogP contribution in [0.15, 0.2) is 30.6 Å². The number of rotatable bonds is 2. The highest BCUT2D eigenvalue weighted by molar-refractivity contribution is 7.71. The van der Waals surface area contributed by atoms with E-state index in [-0.39, 0.29) is 10.7 Å². The molecule has 6 nitrogen and oxygen atoms in total. The molecule has 1 aromatic carbocycles. The van der Waals surface area contributed by atoms with Crippen LogP contribution in [0.5, 0.6) is 0 Å². The molecular formula is C10H7N5OS. The van der Waals surface area contributed by atoms with E-state index >= 15 is 0 Å². The van der Waals surface area contributed by atoms with Crippen molar-refractivity contribution in [2.45, 2.75) is 0 Å². The summed E-state index contributed by atoms with van der Waals surface area (Å²) in [7, 11) is 0. The van der Waals surface area contributed by atoms with Gasteiger partial charge in [0.25, 0.3) is 5.91 Å². The Morgan fingerprint density at radius 1 is 1.59 bits per heavy atom. The first-order valence-electron chi connectivity index (χ1n) is 4.64. The largest absolute Gasteiger partial charge is 0.270 e. The highest BCUT2D eigenvalue weighted by atomic mass is 32.1. The number of carbonyl (C=O) groups excluding carboxylic acids is 1. The highest BCUT2D eigenvalue weighted by Gasteiger charge is 2.06. The number of nitrogens with one attached hydrogen (secondary N) is 2. The Balaban J connectivity index is 2.24. The summed E-state index contributed by atoms with van der Waals surface area (Å²) in [5, 5.41) is 14.9. The second kappa shape index (κ2) is 4.59. The summed E-state index contributed by atoms with van der Waals surface area (Å²) in [4.78, 5) is 11.8. The molecule has 0 aliphatic rings. The SMILES string of the molecule is N#Cc1cccc(C(=O)Nn2cn[nH]c2=S)c1. The number of nitrogens with zero attached hydrogens (tertiary/aromatic N) is 3. The molecule has 7 heteroatoms. The van der Waals surface area contributed by atoms with Crippen LogP contribution in [-0.4, -0.2) is 20.8 Å². The van der Waals surface area contributed by atoms with E-state index in [1.54, 1.807) is 18.2 Å². The van der Waals surface area contributed by atoms with E-state index in [9.17, 15) is 4.79 Å². The summed E-state index contributed by atoms with van der Waals surface area (Å²) >= 11 is 4.88. The fourth-order valence-electron chi connectivity index (χ4n) is 1.23. The molecule has 0 saturated carbocycles. The van der Waals surface area contributed by atoms with Crippen molar-refractivity contribution in [1.82, 2.24) is 14.9 Å². The quantitative estimate of drug-likeness (QED) is 0.778. The maximum atomic E-state index is 11.8. The van der Waals surface area contributed by atoms with Crippen LogP contribution in [0, 0.1) is 16.1 Å². The summed E-state index contributed by atoms with van der Waals surface area (Å²) in [6, 6.07) is 8.34. The van der Waals surface area contributed by atoms with E-state index in [1.165, 1.54) is 17.1 Å².